The highest BCUT2D eigenvalue weighted by molar-refractivity contribution is 5.43. The maximum absolute atomic E-state index is 9.50. The van der Waals surface area contributed by atoms with E-state index in [0.717, 1.165) is 6.42 Å². The third-order valence-corrected chi connectivity index (χ3v) is 1.66. The van der Waals surface area contributed by atoms with Crippen molar-refractivity contribution in [3.05, 3.63) is 19.2 Å². The van der Waals surface area contributed by atoms with Crippen LogP contribution < -0.4 is 0 Å². The number of hydrogen-bond acceptors (Lipinski definition) is 3. The van der Waals surface area contributed by atoms with Crippen molar-refractivity contribution in [2.24, 2.45) is 0 Å². The summed E-state index contributed by atoms with van der Waals surface area (Å²) in [5, 5.41) is 13.4. The number of aliphatic hydroxyl groups is 1. The van der Waals surface area contributed by atoms with E-state index in [1.165, 1.54) is 17.3 Å². The van der Waals surface area contributed by atoms with Crippen LogP contribution in [0.3, 0.4) is 0 Å². The third-order valence-electron chi connectivity index (χ3n) is 1.66. The van der Waals surface area contributed by atoms with E-state index in [1.54, 1.807) is 0 Å². The first-order valence-electron chi connectivity index (χ1n) is 3.97. The van der Waals surface area contributed by atoms with Gasteiger partial charge in [-0.25, -0.2) is 9.67 Å². The van der Waals surface area contributed by atoms with Crippen molar-refractivity contribution in [1.29, 1.82) is 0 Å². The van der Waals surface area contributed by atoms with Crippen molar-refractivity contribution in [1.82, 2.24) is 14.8 Å². The highest BCUT2D eigenvalue weighted by Crippen LogP contribution is 2.09. The van der Waals surface area contributed by atoms with Crippen molar-refractivity contribution in [3.63, 3.8) is 0 Å². The summed E-state index contributed by atoms with van der Waals surface area (Å²) in [6, 6.07) is 0. The molecular formula is C8H13N3O. The molecule has 4 nitrogen and oxygen atoms in total. The lowest BCUT2D eigenvalue weighted by molar-refractivity contribution is 0.213. The van der Waals surface area contributed by atoms with E-state index in [2.05, 4.69) is 16.7 Å². The molecule has 1 aromatic rings. The Kier molecular flexibility index (Phi) is 2.99. The summed E-state index contributed by atoms with van der Waals surface area (Å²) < 4.78 is 1.49. The molecule has 0 aliphatic heterocycles. The van der Waals surface area contributed by atoms with Crippen molar-refractivity contribution in [2.45, 2.75) is 25.9 Å². The lowest BCUT2D eigenvalue weighted by Gasteiger charge is -2.11. The van der Waals surface area contributed by atoms with E-state index >= 15 is 0 Å². The van der Waals surface area contributed by atoms with Gasteiger partial charge in [0.25, 0.3) is 0 Å². The molecule has 1 heterocycles. The van der Waals surface area contributed by atoms with Crippen LogP contribution in [0.5, 0.6) is 0 Å². The number of aromatic nitrogens is 3. The van der Waals surface area contributed by atoms with Crippen molar-refractivity contribution < 1.29 is 5.11 Å². The molecule has 4 heteroatoms. The van der Waals surface area contributed by atoms with E-state index in [4.69, 9.17) is 0 Å². The van der Waals surface area contributed by atoms with Crippen molar-refractivity contribution >= 4 is 5.70 Å². The summed E-state index contributed by atoms with van der Waals surface area (Å²) in [7, 11) is 0. The standard InChI is InChI=1S/C8H13N3O/c1-3-4-8(12)7(2)11-6-9-5-10-11/h5-6,8,12H,2-4H2,1H3. The Labute approximate surface area is 71.6 Å². The Morgan fingerprint density at radius 2 is 2.50 bits per heavy atom. The van der Waals surface area contributed by atoms with Crippen LogP contribution in [0.15, 0.2) is 19.2 Å². The van der Waals surface area contributed by atoms with Gasteiger partial charge in [0.1, 0.15) is 12.7 Å². The molecule has 0 amide bonds. The summed E-state index contributed by atoms with van der Waals surface area (Å²) in [4.78, 5) is 3.77. The largest absolute Gasteiger partial charge is 0.387 e. The van der Waals surface area contributed by atoms with Gasteiger partial charge < -0.3 is 5.11 Å². The highest BCUT2D eigenvalue weighted by Gasteiger charge is 2.09. The summed E-state index contributed by atoms with van der Waals surface area (Å²) in [6.07, 6.45) is 4.07. The summed E-state index contributed by atoms with van der Waals surface area (Å²) in [5.41, 5.74) is 0.578. The van der Waals surface area contributed by atoms with E-state index in [9.17, 15) is 5.11 Å². The zero-order valence-electron chi connectivity index (χ0n) is 7.14. The molecule has 1 unspecified atom stereocenters. The van der Waals surface area contributed by atoms with E-state index in [1.807, 2.05) is 6.92 Å². The molecule has 1 rings (SSSR count). The van der Waals surface area contributed by atoms with Gasteiger partial charge >= 0.3 is 0 Å². The molecule has 1 atom stereocenters. The molecular weight excluding hydrogens is 154 g/mol. The molecule has 66 valence electrons. The third kappa shape index (κ3) is 1.92. The number of aliphatic hydroxyl groups excluding tert-OH is 1. The van der Waals surface area contributed by atoms with Gasteiger partial charge in [0.15, 0.2) is 0 Å². The minimum absolute atomic E-state index is 0.517. The van der Waals surface area contributed by atoms with Crippen LogP contribution in [0.4, 0.5) is 0 Å². The maximum Gasteiger partial charge on any atom is 0.138 e. The lowest BCUT2D eigenvalue weighted by Crippen LogP contribution is -2.13. The SMILES string of the molecule is C=C(C(O)CCC)n1cncn1. The van der Waals surface area contributed by atoms with Crippen LogP contribution in [-0.2, 0) is 0 Å². The predicted octanol–water partition coefficient (Wildman–Crippen LogP) is 0.910. The van der Waals surface area contributed by atoms with Crippen LogP contribution in [0.1, 0.15) is 19.8 Å². The average molecular weight is 167 g/mol. The average Bonchev–Trinajstić information content (AvgIpc) is 2.55. The first kappa shape index (κ1) is 8.93. The van der Waals surface area contributed by atoms with Gasteiger partial charge in [-0.15, -0.1) is 0 Å². The number of hydrogen-bond donors (Lipinski definition) is 1. The Bertz CT molecular complexity index is 243. The Balaban J connectivity index is 2.59. The van der Waals surface area contributed by atoms with Gasteiger partial charge in [-0.05, 0) is 6.42 Å². The van der Waals surface area contributed by atoms with Gasteiger partial charge in [0.2, 0.25) is 0 Å². The topological polar surface area (TPSA) is 50.9 Å². The quantitative estimate of drug-likeness (QED) is 0.725. The molecule has 0 bridgehead atoms. The molecule has 0 aliphatic carbocycles. The van der Waals surface area contributed by atoms with Gasteiger partial charge in [-0.3, -0.25) is 0 Å². The molecule has 1 N–H and O–H groups in total. The number of nitrogens with zero attached hydrogens (tertiary/aromatic N) is 3. The van der Waals surface area contributed by atoms with Gasteiger partial charge in [-0.2, -0.15) is 5.10 Å². The molecule has 0 radical (unpaired) electrons. The highest BCUT2D eigenvalue weighted by atomic mass is 16.3. The number of rotatable bonds is 4. The van der Waals surface area contributed by atoms with Crippen molar-refractivity contribution in [3.8, 4) is 0 Å². The molecule has 1 aromatic heterocycles. The summed E-state index contributed by atoms with van der Waals surface area (Å²) in [6.45, 7) is 5.74. The zero-order valence-corrected chi connectivity index (χ0v) is 7.14. The normalized spacial score (nSPS) is 12.8. The summed E-state index contributed by atoms with van der Waals surface area (Å²) >= 11 is 0. The second-order valence-electron chi connectivity index (χ2n) is 2.64. The minimum atomic E-state index is -0.517. The second-order valence-corrected chi connectivity index (χ2v) is 2.64. The maximum atomic E-state index is 9.50. The van der Waals surface area contributed by atoms with E-state index in [-0.39, 0.29) is 0 Å². The Hall–Kier alpha value is -1.16. The summed E-state index contributed by atoms with van der Waals surface area (Å²) in [5.74, 6) is 0. The zero-order chi connectivity index (χ0) is 8.97. The fourth-order valence-electron chi connectivity index (χ4n) is 0.949. The Morgan fingerprint density at radius 3 is 3.00 bits per heavy atom. The predicted molar refractivity (Wildman–Crippen MR) is 46.3 cm³/mol. The van der Waals surface area contributed by atoms with Crippen LogP contribution >= 0.6 is 0 Å². The molecule has 0 fully saturated rings. The van der Waals surface area contributed by atoms with Crippen molar-refractivity contribution in [2.75, 3.05) is 0 Å². The molecule has 0 spiro atoms. The van der Waals surface area contributed by atoms with Gasteiger partial charge in [0, 0.05) is 0 Å². The van der Waals surface area contributed by atoms with Gasteiger partial charge in [-0.1, -0.05) is 19.9 Å². The fourth-order valence-corrected chi connectivity index (χ4v) is 0.949. The molecule has 12 heavy (non-hydrogen) atoms. The fraction of sp³-hybridized carbons (Fsp3) is 0.500. The molecule has 0 aromatic carbocycles. The monoisotopic (exact) mass is 167 g/mol. The van der Waals surface area contributed by atoms with E-state index in [0.29, 0.717) is 12.1 Å². The second kappa shape index (κ2) is 4.01. The first-order chi connectivity index (χ1) is 5.75. The smallest absolute Gasteiger partial charge is 0.138 e. The molecule has 0 saturated carbocycles. The van der Waals surface area contributed by atoms with Crippen LogP contribution in [-0.4, -0.2) is 26.0 Å². The van der Waals surface area contributed by atoms with Gasteiger partial charge in [0.05, 0.1) is 11.8 Å². The van der Waals surface area contributed by atoms with Crippen LogP contribution in [0.25, 0.3) is 5.70 Å². The Morgan fingerprint density at radius 1 is 1.75 bits per heavy atom. The minimum Gasteiger partial charge on any atom is -0.387 e. The first-order valence-corrected chi connectivity index (χ1v) is 3.97. The van der Waals surface area contributed by atoms with E-state index < -0.39 is 6.10 Å². The van der Waals surface area contributed by atoms with Crippen LogP contribution in [0, 0.1) is 0 Å². The molecule has 0 saturated heterocycles. The lowest BCUT2D eigenvalue weighted by atomic mass is 10.2. The van der Waals surface area contributed by atoms with Crippen LogP contribution in [0.2, 0.25) is 0 Å². The molecule has 0 aliphatic rings.